The summed E-state index contributed by atoms with van der Waals surface area (Å²) < 4.78 is 36.6. The van der Waals surface area contributed by atoms with Gasteiger partial charge in [-0.05, 0) is 12.8 Å². The maximum Gasteiger partial charge on any atom is 0.406 e. The Bertz CT molecular complexity index is 377. The normalized spacial score (nSPS) is 18.7. The number of hydrogen-bond donors (Lipinski definition) is 2. The Morgan fingerprint density at radius 2 is 1.71 bits per heavy atom. The van der Waals surface area contributed by atoms with Gasteiger partial charge in [0.15, 0.2) is 0 Å². The van der Waals surface area contributed by atoms with E-state index in [4.69, 9.17) is 0 Å². The van der Waals surface area contributed by atoms with Gasteiger partial charge in [0, 0.05) is 13.6 Å². The van der Waals surface area contributed by atoms with Gasteiger partial charge in [0.1, 0.15) is 6.54 Å². The van der Waals surface area contributed by atoms with Gasteiger partial charge >= 0.3 is 18.2 Å². The van der Waals surface area contributed by atoms with Crippen molar-refractivity contribution >= 4 is 12.0 Å². The fourth-order valence-corrected chi connectivity index (χ4v) is 2.59. The Labute approximate surface area is 121 Å². The number of carbonyl (C=O) groups is 2. The predicted octanol–water partition coefficient (Wildman–Crippen LogP) is 2.62. The molecule has 21 heavy (non-hydrogen) atoms. The summed E-state index contributed by atoms with van der Waals surface area (Å²) in [5.74, 6) is -0.997. The summed E-state index contributed by atoms with van der Waals surface area (Å²) >= 11 is 0. The first-order chi connectivity index (χ1) is 9.66. The lowest BCUT2D eigenvalue weighted by Gasteiger charge is -2.29. The molecule has 0 aromatic heterocycles. The zero-order valence-corrected chi connectivity index (χ0v) is 12.0. The molecule has 2 amide bonds. The largest absolute Gasteiger partial charge is 0.481 e. The molecule has 0 radical (unpaired) electrons. The smallest absolute Gasteiger partial charge is 0.406 e. The lowest BCUT2D eigenvalue weighted by Crippen LogP contribution is -2.48. The van der Waals surface area contributed by atoms with E-state index in [0.717, 1.165) is 32.7 Å². The van der Waals surface area contributed by atoms with Gasteiger partial charge in [-0.1, -0.05) is 25.7 Å². The van der Waals surface area contributed by atoms with E-state index in [1.165, 1.54) is 0 Å². The van der Waals surface area contributed by atoms with Crippen molar-refractivity contribution in [1.82, 2.24) is 10.2 Å². The number of halogens is 3. The Morgan fingerprint density at radius 3 is 2.14 bits per heavy atom. The quantitative estimate of drug-likeness (QED) is 0.784. The number of nitrogens with one attached hydrogen (secondary N) is 1. The van der Waals surface area contributed by atoms with Crippen LogP contribution in [0.5, 0.6) is 0 Å². The van der Waals surface area contributed by atoms with Crippen LogP contribution in [0.15, 0.2) is 0 Å². The fraction of sp³-hybridized carbons (Fsp3) is 0.846. The van der Waals surface area contributed by atoms with Crippen molar-refractivity contribution < 1.29 is 27.9 Å². The molecule has 1 rings (SSSR count). The molecule has 0 unspecified atom stereocenters. The van der Waals surface area contributed by atoms with E-state index in [-0.39, 0.29) is 6.54 Å². The monoisotopic (exact) mass is 310 g/mol. The Hall–Kier alpha value is -1.47. The number of carboxylic acid groups (broad SMARTS) is 1. The highest BCUT2D eigenvalue weighted by atomic mass is 19.4. The molecule has 0 aromatic rings. The number of rotatable bonds is 4. The van der Waals surface area contributed by atoms with Crippen molar-refractivity contribution in [3.05, 3.63) is 0 Å². The third-order valence-corrected chi connectivity index (χ3v) is 3.86. The first kappa shape index (κ1) is 17.6. The Balaban J connectivity index is 2.61. The minimum atomic E-state index is -4.47. The van der Waals surface area contributed by atoms with Crippen LogP contribution in [-0.4, -0.2) is 48.3 Å². The number of amides is 2. The number of carboxylic acids is 1. The van der Waals surface area contributed by atoms with Crippen molar-refractivity contribution in [2.45, 2.75) is 44.7 Å². The Kier molecular flexibility index (Phi) is 5.86. The average Bonchev–Trinajstić information content (AvgIpc) is 2.60. The van der Waals surface area contributed by atoms with Gasteiger partial charge in [-0.25, -0.2) is 4.79 Å². The second-order valence-electron chi connectivity index (χ2n) is 5.63. The van der Waals surface area contributed by atoms with Gasteiger partial charge in [-0.15, -0.1) is 0 Å². The summed E-state index contributed by atoms with van der Waals surface area (Å²) in [4.78, 5) is 23.6. The third-order valence-electron chi connectivity index (χ3n) is 3.86. The van der Waals surface area contributed by atoms with Crippen LogP contribution in [0.25, 0.3) is 0 Å². The minimum absolute atomic E-state index is 0.136. The number of aliphatic carboxylic acids is 1. The molecule has 1 aliphatic carbocycles. The predicted molar refractivity (Wildman–Crippen MR) is 69.9 cm³/mol. The zero-order chi connectivity index (χ0) is 16.1. The van der Waals surface area contributed by atoms with Gasteiger partial charge in [-0.3, -0.25) is 4.79 Å². The van der Waals surface area contributed by atoms with Crippen molar-refractivity contribution in [2.24, 2.45) is 5.41 Å². The van der Waals surface area contributed by atoms with Crippen LogP contribution in [0, 0.1) is 5.41 Å². The SMILES string of the molecule is CN(CC(F)(F)F)C(=O)NCC1(C(=O)O)CCCCCC1. The van der Waals surface area contributed by atoms with Crippen LogP contribution in [0.2, 0.25) is 0 Å². The van der Waals surface area contributed by atoms with E-state index in [9.17, 15) is 27.9 Å². The molecule has 0 aromatic carbocycles. The van der Waals surface area contributed by atoms with Crippen molar-refractivity contribution in [3.63, 3.8) is 0 Å². The van der Waals surface area contributed by atoms with Crippen LogP contribution in [0.4, 0.5) is 18.0 Å². The van der Waals surface area contributed by atoms with Crippen molar-refractivity contribution in [1.29, 1.82) is 0 Å². The van der Waals surface area contributed by atoms with E-state index in [1.807, 2.05) is 0 Å². The molecule has 1 aliphatic rings. The van der Waals surface area contributed by atoms with Gasteiger partial charge in [0.05, 0.1) is 5.41 Å². The summed E-state index contributed by atoms with van der Waals surface area (Å²) in [5.41, 5.74) is -1.06. The maximum atomic E-state index is 12.2. The molecule has 1 fully saturated rings. The molecule has 0 saturated heterocycles. The topological polar surface area (TPSA) is 69.6 Å². The van der Waals surface area contributed by atoms with Gasteiger partial charge < -0.3 is 15.3 Å². The molecule has 0 spiro atoms. The van der Waals surface area contributed by atoms with Crippen LogP contribution in [0.1, 0.15) is 38.5 Å². The van der Waals surface area contributed by atoms with E-state index in [0.29, 0.717) is 17.7 Å². The maximum absolute atomic E-state index is 12.2. The highest BCUT2D eigenvalue weighted by Crippen LogP contribution is 2.34. The fourth-order valence-electron chi connectivity index (χ4n) is 2.59. The zero-order valence-electron chi connectivity index (χ0n) is 12.0. The first-order valence-electron chi connectivity index (χ1n) is 6.95. The summed E-state index contributed by atoms with van der Waals surface area (Å²) in [5, 5.41) is 11.7. The molecule has 8 heteroatoms. The highest BCUT2D eigenvalue weighted by molar-refractivity contribution is 5.78. The van der Waals surface area contributed by atoms with E-state index >= 15 is 0 Å². The molecule has 0 atom stereocenters. The van der Waals surface area contributed by atoms with Crippen LogP contribution >= 0.6 is 0 Å². The number of hydrogen-bond acceptors (Lipinski definition) is 2. The van der Waals surface area contributed by atoms with E-state index in [1.54, 1.807) is 0 Å². The number of alkyl halides is 3. The van der Waals surface area contributed by atoms with E-state index in [2.05, 4.69) is 5.32 Å². The van der Waals surface area contributed by atoms with Gasteiger partial charge in [-0.2, -0.15) is 13.2 Å². The molecule has 2 N–H and O–H groups in total. The summed E-state index contributed by atoms with van der Waals surface area (Å²) in [6.45, 7) is -1.50. The molecule has 5 nitrogen and oxygen atoms in total. The molecule has 122 valence electrons. The first-order valence-corrected chi connectivity index (χ1v) is 6.95. The van der Waals surface area contributed by atoms with Gasteiger partial charge in [0.2, 0.25) is 0 Å². The van der Waals surface area contributed by atoms with Crippen LogP contribution in [-0.2, 0) is 4.79 Å². The minimum Gasteiger partial charge on any atom is -0.481 e. The van der Waals surface area contributed by atoms with Crippen molar-refractivity contribution in [2.75, 3.05) is 20.1 Å². The van der Waals surface area contributed by atoms with Crippen molar-refractivity contribution in [3.8, 4) is 0 Å². The lowest BCUT2D eigenvalue weighted by atomic mass is 9.80. The van der Waals surface area contributed by atoms with E-state index < -0.39 is 30.1 Å². The summed E-state index contributed by atoms with van der Waals surface area (Å²) in [6, 6.07) is -0.905. The molecule has 0 aliphatic heterocycles. The highest BCUT2D eigenvalue weighted by Gasteiger charge is 2.39. The third kappa shape index (κ3) is 5.43. The second kappa shape index (κ2) is 7.00. The summed E-state index contributed by atoms with van der Waals surface area (Å²) in [6.07, 6.45) is -0.217. The number of carbonyl (C=O) groups excluding carboxylic acids is 1. The number of urea groups is 1. The second-order valence-corrected chi connectivity index (χ2v) is 5.63. The molecule has 0 heterocycles. The number of nitrogens with zero attached hydrogens (tertiary/aromatic N) is 1. The van der Waals surface area contributed by atoms with Crippen LogP contribution in [0.3, 0.4) is 0 Å². The summed E-state index contributed by atoms with van der Waals surface area (Å²) in [7, 11) is 1.03. The molecular formula is C13H21F3N2O3. The molecule has 0 bridgehead atoms. The standard InChI is InChI=1S/C13H21F3N2O3/c1-18(9-13(14,15)16)11(21)17-8-12(10(19)20)6-4-2-3-5-7-12/h2-9H2,1H3,(H,17,21)(H,19,20). The lowest BCUT2D eigenvalue weighted by molar-refractivity contribution is -0.149. The van der Waals surface area contributed by atoms with Crippen LogP contribution < -0.4 is 5.32 Å². The average molecular weight is 310 g/mol. The molecular weight excluding hydrogens is 289 g/mol. The Morgan fingerprint density at radius 1 is 1.19 bits per heavy atom. The molecule has 1 saturated carbocycles. The van der Waals surface area contributed by atoms with Gasteiger partial charge in [0.25, 0.3) is 0 Å².